The number of carbonyl (C=O) groups is 1. The molecule has 1 aromatic heterocycles. The highest BCUT2D eigenvalue weighted by Gasteiger charge is 2.12. The monoisotopic (exact) mass is 378 g/mol. The number of halogens is 1. The van der Waals surface area contributed by atoms with E-state index in [1.54, 1.807) is 0 Å². The molecule has 0 unspecified atom stereocenters. The molecule has 0 aliphatic rings. The van der Waals surface area contributed by atoms with Gasteiger partial charge in [0.1, 0.15) is 0 Å². The van der Waals surface area contributed by atoms with Crippen LogP contribution in [0.3, 0.4) is 0 Å². The van der Waals surface area contributed by atoms with Crippen LogP contribution in [0.2, 0.25) is 5.02 Å². The van der Waals surface area contributed by atoms with Gasteiger partial charge in [0, 0.05) is 10.6 Å². The fraction of sp³-hybridized carbons (Fsp3) is 0.0476. The Morgan fingerprint density at radius 2 is 1.65 bits per heavy atom. The van der Waals surface area contributed by atoms with Gasteiger partial charge in [-0.1, -0.05) is 65.4 Å². The van der Waals surface area contributed by atoms with Gasteiger partial charge in [-0.25, -0.2) is 4.98 Å². The smallest absolute Gasteiger partial charge is 0.257 e. The zero-order chi connectivity index (χ0) is 18.1. The van der Waals surface area contributed by atoms with Crippen molar-refractivity contribution in [3.05, 3.63) is 82.9 Å². The van der Waals surface area contributed by atoms with E-state index in [1.807, 2.05) is 73.7 Å². The molecule has 26 heavy (non-hydrogen) atoms. The second kappa shape index (κ2) is 6.90. The first-order valence-electron chi connectivity index (χ1n) is 8.14. The minimum atomic E-state index is -0.174. The summed E-state index contributed by atoms with van der Waals surface area (Å²) in [5, 5.41) is 4.13. The standard InChI is InChI=1S/C21H15ClN2OS/c1-13-17(22)11-12-18-19(13)23-21(26-18)24-20(25)16-9-7-15(8-10-16)14-5-3-2-4-6-14/h2-12H,1H3,(H,23,24,25). The van der Waals surface area contributed by atoms with Crippen molar-refractivity contribution in [3.8, 4) is 11.1 Å². The van der Waals surface area contributed by atoms with Gasteiger partial charge in [0.15, 0.2) is 5.13 Å². The van der Waals surface area contributed by atoms with Crippen molar-refractivity contribution in [2.45, 2.75) is 6.92 Å². The van der Waals surface area contributed by atoms with E-state index in [1.165, 1.54) is 11.3 Å². The Labute approximate surface area is 160 Å². The molecule has 1 N–H and O–H groups in total. The lowest BCUT2D eigenvalue weighted by molar-refractivity contribution is 0.102. The SMILES string of the molecule is Cc1c(Cl)ccc2sc(NC(=O)c3ccc(-c4ccccc4)cc3)nc12. The molecule has 0 saturated carbocycles. The van der Waals surface area contributed by atoms with Crippen LogP contribution in [0.5, 0.6) is 0 Å². The third-order valence-electron chi connectivity index (χ3n) is 4.22. The molecule has 3 aromatic carbocycles. The van der Waals surface area contributed by atoms with Crippen LogP contribution in [0.25, 0.3) is 21.3 Å². The Kier molecular flexibility index (Phi) is 4.45. The number of carbonyl (C=O) groups excluding carboxylic acids is 1. The highest BCUT2D eigenvalue weighted by Crippen LogP contribution is 2.32. The molecule has 128 valence electrons. The lowest BCUT2D eigenvalue weighted by atomic mass is 10.0. The molecule has 0 atom stereocenters. The Bertz CT molecular complexity index is 1090. The molecule has 0 spiro atoms. The zero-order valence-electron chi connectivity index (χ0n) is 14.0. The topological polar surface area (TPSA) is 42.0 Å². The fourth-order valence-corrected chi connectivity index (χ4v) is 3.84. The van der Waals surface area contributed by atoms with Crippen LogP contribution < -0.4 is 5.32 Å². The Morgan fingerprint density at radius 1 is 0.962 bits per heavy atom. The van der Waals surface area contributed by atoms with E-state index < -0.39 is 0 Å². The molecular formula is C21H15ClN2OS. The molecule has 0 saturated heterocycles. The summed E-state index contributed by atoms with van der Waals surface area (Å²) >= 11 is 7.58. The first-order chi connectivity index (χ1) is 12.6. The van der Waals surface area contributed by atoms with Crippen LogP contribution in [0.4, 0.5) is 5.13 Å². The van der Waals surface area contributed by atoms with E-state index in [9.17, 15) is 4.79 Å². The van der Waals surface area contributed by atoms with E-state index in [-0.39, 0.29) is 5.91 Å². The van der Waals surface area contributed by atoms with Crippen LogP contribution >= 0.6 is 22.9 Å². The number of nitrogens with one attached hydrogen (secondary N) is 1. The van der Waals surface area contributed by atoms with Gasteiger partial charge in [0.05, 0.1) is 10.2 Å². The van der Waals surface area contributed by atoms with Crippen molar-refractivity contribution in [1.29, 1.82) is 0 Å². The predicted molar refractivity (Wildman–Crippen MR) is 109 cm³/mol. The molecule has 0 bridgehead atoms. The van der Waals surface area contributed by atoms with Crippen molar-refractivity contribution >= 4 is 44.2 Å². The highest BCUT2D eigenvalue weighted by molar-refractivity contribution is 7.22. The maximum absolute atomic E-state index is 12.5. The van der Waals surface area contributed by atoms with Crippen LogP contribution in [0, 0.1) is 6.92 Å². The molecule has 4 rings (SSSR count). The van der Waals surface area contributed by atoms with Gasteiger partial charge in [0.2, 0.25) is 0 Å². The summed E-state index contributed by atoms with van der Waals surface area (Å²) in [6.45, 7) is 1.93. The molecule has 1 heterocycles. The fourth-order valence-electron chi connectivity index (χ4n) is 2.77. The van der Waals surface area contributed by atoms with E-state index in [4.69, 9.17) is 11.6 Å². The number of aryl methyl sites for hydroxylation is 1. The third-order valence-corrected chi connectivity index (χ3v) is 5.57. The van der Waals surface area contributed by atoms with Crippen LogP contribution in [-0.4, -0.2) is 10.9 Å². The summed E-state index contributed by atoms with van der Waals surface area (Å²) in [5.74, 6) is -0.174. The van der Waals surface area contributed by atoms with Crippen LogP contribution in [0.15, 0.2) is 66.7 Å². The first kappa shape index (κ1) is 16.8. The quantitative estimate of drug-likeness (QED) is 0.462. The predicted octanol–water partition coefficient (Wildman–Crippen LogP) is 6.18. The number of hydrogen-bond acceptors (Lipinski definition) is 3. The van der Waals surface area contributed by atoms with Gasteiger partial charge in [-0.15, -0.1) is 0 Å². The van der Waals surface area contributed by atoms with Crippen molar-refractivity contribution in [1.82, 2.24) is 4.98 Å². The lowest BCUT2D eigenvalue weighted by Gasteiger charge is -2.04. The number of aromatic nitrogens is 1. The van der Waals surface area contributed by atoms with E-state index >= 15 is 0 Å². The van der Waals surface area contributed by atoms with Gasteiger partial charge >= 0.3 is 0 Å². The summed E-state index contributed by atoms with van der Waals surface area (Å²) in [6, 6.07) is 21.4. The van der Waals surface area contributed by atoms with Gasteiger partial charge < -0.3 is 0 Å². The van der Waals surface area contributed by atoms with Gasteiger partial charge in [-0.05, 0) is 47.9 Å². The van der Waals surface area contributed by atoms with Crippen molar-refractivity contribution in [3.63, 3.8) is 0 Å². The van der Waals surface area contributed by atoms with Crippen LogP contribution in [-0.2, 0) is 0 Å². The summed E-state index contributed by atoms with van der Waals surface area (Å²) in [5.41, 5.74) is 4.55. The second-order valence-electron chi connectivity index (χ2n) is 5.94. The molecule has 5 heteroatoms. The van der Waals surface area contributed by atoms with Gasteiger partial charge in [-0.2, -0.15) is 0 Å². The first-order valence-corrected chi connectivity index (χ1v) is 9.34. The summed E-state index contributed by atoms with van der Waals surface area (Å²) < 4.78 is 1.00. The van der Waals surface area contributed by atoms with Gasteiger partial charge in [0.25, 0.3) is 5.91 Å². The van der Waals surface area contributed by atoms with Crippen molar-refractivity contribution in [2.24, 2.45) is 0 Å². The number of fused-ring (bicyclic) bond motifs is 1. The number of rotatable bonds is 3. The van der Waals surface area contributed by atoms with Crippen LogP contribution in [0.1, 0.15) is 15.9 Å². The van der Waals surface area contributed by atoms with Gasteiger partial charge in [-0.3, -0.25) is 10.1 Å². The minimum absolute atomic E-state index is 0.174. The molecule has 1 amide bonds. The minimum Gasteiger partial charge on any atom is -0.298 e. The van der Waals surface area contributed by atoms with E-state index in [2.05, 4.69) is 10.3 Å². The number of anilines is 1. The summed E-state index contributed by atoms with van der Waals surface area (Å²) in [7, 11) is 0. The highest BCUT2D eigenvalue weighted by atomic mass is 35.5. The average molecular weight is 379 g/mol. The van der Waals surface area contributed by atoms with Crippen molar-refractivity contribution in [2.75, 3.05) is 5.32 Å². The van der Waals surface area contributed by atoms with Crippen molar-refractivity contribution < 1.29 is 4.79 Å². The largest absolute Gasteiger partial charge is 0.298 e. The molecule has 0 aliphatic heterocycles. The Balaban J connectivity index is 1.56. The number of amides is 1. The van der Waals surface area contributed by atoms with E-state index in [0.29, 0.717) is 15.7 Å². The average Bonchev–Trinajstić information content (AvgIpc) is 3.09. The third kappa shape index (κ3) is 3.21. The molecule has 4 aromatic rings. The molecule has 0 fully saturated rings. The Hall–Kier alpha value is -2.69. The van der Waals surface area contributed by atoms with E-state index in [0.717, 1.165) is 26.9 Å². The summed E-state index contributed by atoms with van der Waals surface area (Å²) in [4.78, 5) is 17.0. The lowest BCUT2D eigenvalue weighted by Crippen LogP contribution is -2.11. The normalized spacial score (nSPS) is 10.8. The molecule has 0 radical (unpaired) electrons. The number of benzene rings is 3. The number of nitrogens with zero attached hydrogens (tertiary/aromatic N) is 1. The summed E-state index contributed by atoms with van der Waals surface area (Å²) in [6.07, 6.45) is 0. The number of hydrogen-bond donors (Lipinski definition) is 1. The Morgan fingerprint density at radius 3 is 2.38 bits per heavy atom. The second-order valence-corrected chi connectivity index (χ2v) is 7.37. The maximum Gasteiger partial charge on any atom is 0.257 e. The maximum atomic E-state index is 12.5. The molecule has 3 nitrogen and oxygen atoms in total. The molecule has 0 aliphatic carbocycles. The molecular weight excluding hydrogens is 364 g/mol. The zero-order valence-corrected chi connectivity index (χ0v) is 15.6. The number of thiazole rings is 1.